The van der Waals surface area contributed by atoms with Crippen LogP contribution in [0, 0.1) is 16.0 Å². The van der Waals surface area contributed by atoms with Crippen molar-refractivity contribution in [1.29, 1.82) is 0 Å². The molecule has 1 rings (SSSR count). The predicted octanol–water partition coefficient (Wildman–Crippen LogP) is 3.72. The van der Waals surface area contributed by atoms with Gasteiger partial charge in [0.15, 0.2) is 0 Å². The molecule has 0 bridgehead atoms. The Hall–Kier alpha value is -1.33. The first-order valence-electron chi connectivity index (χ1n) is 6.26. The van der Waals surface area contributed by atoms with Crippen LogP contribution in [0.25, 0.3) is 0 Å². The standard InChI is InChI=1S/C13H19ClN2O3/c1-10(2)5-7-19-8-6-15-13-4-3-11(16(17)18)9-12(13)14/h3-4,9-10,15H,5-8H2,1-2H3. The number of nitrogens with zero attached hydrogens (tertiary/aromatic N) is 1. The highest BCUT2D eigenvalue weighted by Gasteiger charge is 2.08. The molecule has 0 spiro atoms. The molecule has 0 aliphatic heterocycles. The zero-order chi connectivity index (χ0) is 14.3. The van der Waals surface area contributed by atoms with Crippen LogP contribution in [0.1, 0.15) is 20.3 Å². The van der Waals surface area contributed by atoms with Crippen LogP contribution < -0.4 is 5.32 Å². The van der Waals surface area contributed by atoms with E-state index in [2.05, 4.69) is 19.2 Å². The average molecular weight is 287 g/mol. The third-order valence-electron chi connectivity index (χ3n) is 2.56. The third-order valence-corrected chi connectivity index (χ3v) is 2.88. The number of nitro groups is 1. The number of rotatable bonds is 8. The van der Waals surface area contributed by atoms with Crippen molar-refractivity contribution in [2.75, 3.05) is 25.1 Å². The number of hydrogen-bond donors (Lipinski definition) is 1. The molecule has 1 aromatic carbocycles. The molecule has 0 radical (unpaired) electrons. The van der Waals surface area contributed by atoms with Crippen molar-refractivity contribution < 1.29 is 9.66 Å². The maximum absolute atomic E-state index is 10.6. The summed E-state index contributed by atoms with van der Waals surface area (Å²) < 4.78 is 5.45. The lowest BCUT2D eigenvalue weighted by Crippen LogP contribution is -2.11. The van der Waals surface area contributed by atoms with Gasteiger partial charge in [-0.3, -0.25) is 10.1 Å². The van der Waals surface area contributed by atoms with E-state index in [-0.39, 0.29) is 5.69 Å². The van der Waals surface area contributed by atoms with Crippen molar-refractivity contribution in [2.24, 2.45) is 5.92 Å². The molecule has 0 saturated carbocycles. The largest absolute Gasteiger partial charge is 0.382 e. The van der Waals surface area contributed by atoms with E-state index in [1.165, 1.54) is 12.1 Å². The molecule has 5 nitrogen and oxygen atoms in total. The Balaban J connectivity index is 2.32. The number of nitro benzene ring substituents is 1. The molecule has 0 saturated heterocycles. The van der Waals surface area contributed by atoms with E-state index in [1.807, 2.05) is 0 Å². The number of ether oxygens (including phenoxy) is 1. The van der Waals surface area contributed by atoms with Crippen molar-refractivity contribution in [3.8, 4) is 0 Å². The van der Waals surface area contributed by atoms with Crippen molar-refractivity contribution in [2.45, 2.75) is 20.3 Å². The summed E-state index contributed by atoms with van der Waals surface area (Å²) in [6.45, 7) is 6.25. The molecule has 0 aromatic heterocycles. The van der Waals surface area contributed by atoms with Gasteiger partial charge >= 0.3 is 0 Å². The summed E-state index contributed by atoms with van der Waals surface area (Å²) in [5.74, 6) is 0.636. The zero-order valence-electron chi connectivity index (χ0n) is 11.2. The maximum Gasteiger partial charge on any atom is 0.271 e. The van der Waals surface area contributed by atoms with Crippen molar-refractivity contribution in [1.82, 2.24) is 0 Å². The van der Waals surface area contributed by atoms with Gasteiger partial charge < -0.3 is 10.1 Å². The Kier molecular flexibility index (Phi) is 6.59. The second-order valence-electron chi connectivity index (χ2n) is 4.64. The lowest BCUT2D eigenvalue weighted by molar-refractivity contribution is -0.384. The molecule has 0 heterocycles. The van der Waals surface area contributed by atoms with E-state index in [4.69, 9.17) is 16.3 Å². The van der Waals surface area contributed by atoms with E-state index in [1.54, 1.807) is 6.07 Å². The summed E-state index contributed by atoms with van der Waals surface area (Å²) in [5, 5.41) is 14.0. The minimum atomic E-state index is -0.468. The molecule has 0 aliphatic carbocycles. The fraction of sp³-hybridized carbons (Fsp3) is 0.538. The number of halogens is 1. The Morgan fingerprint density at radius 1 is 1.42 bits per heavy atom. The van der Waals surface area contributed by atoms with Gasteiger partial charge in [-0.2, -0.15) is 0 Å². The number of benzene rings is 1. The highest BCUT2D eigenvalue weighted by atomic mass is 35.5. The van der Waals surface area contributed by atoms with Crippen LogP contribution in [0.4, 0.5) is 11.4 Å². The Labute approximate surface area is 118 Å². The molecule has 0 fully saturated rings. The van der Waals surface area contributed by atoms with Gasteiger partial charge in [0.05, 0.1) is 22.2 Å². The van der Waals surface area contributed by atoms with Gasteiger partial charge in [0.25, 0.3) is 5.69 Å². The van der Waals surface area contributed by atoms with Crippen molar-refractivity contribution in [3.63, 3.8) is 0 Å². The lowest BCUT2D eigenvalue weighted by atomic mass is 10.1. The van der Waals surface area contributed by atoms with Gasteiger partial charge in [-0.05, 0) is 18.4 Å². The predicted molar refractivity (Wildman–Crippen MR) is 76.9 cm³/mol. The van der Waals surface area contributed by atoms with Crippen LogP contribution in [-0.4, -0.2) is 24.7 Å². The van der Waals surface area contributed by atoms with Gasteiger partial charge in [0.2, 0.25) is 0 Å². The van der Waals surface area contributed by atoms with Crippen LogP contribution in [0.2, 0.25) is 5.02 Å². The topological polar surface area (TPSA) is 64.4 Å². The Morgan fingerprint density at radius 3 is 2.74 bits per heavy atom. The van der Waals surface area contributed by atoms with Crippen LogP contribution in [0.3, 0.4) is 0 Å². The van der Waals surface area contributed by atoms with Crippen molar-refractivity contribution in [3.05, 3.63) is 33.3 Å². The SMILES string of the molecule is CC(C)CCOCCNc1ccc([N+](=O)[O-])cc1Cl. The molecule has 0 unspecified atom stereocenters. The normalized spacial score (nSPS) is 10.7. The number of non-ortho nitro benzene ring substituents is 1. The highest BCUT2D eigenvalue weighted by Crippen LogP contribution is 2.26. The second kappa shape index (κ2) is 7.96. The quantitative estimate of drug-likeness (QED) is 0.449. The van der Waals surface area contributed by atoms with Gasteiger partial charge in [-0.25, -0.2) is 0 Å². The van der Waals surface area contributed by atoms with Gasteiger partial charge in [-0.1, -0.05) is 25.4 Å². The van der Waals surface area contributed by atoms with E-state index in [9.17, 15) is 10.1 Å². The summed E-state index contributed by atoms with van der Waals surface area (Å²) in [6.07, 6.45) is 1.04. The molecule has 0 atom stereocenters. The minimum Gasteiger partial charge on any atom is -0.382 e. The molecule has 19 heavy (non-hydrogen) atoms. The third kappa shape index (κ3) is 5.89. The second-order valence-corrected chi connectivity index (χ2v) is 5.05. The molecule has 0 amide bonds. The summed E-state index contributed by atoms with van der Waals surface area (Å²) in [7, 11) is 0. The maximum atomic E-state index is 10.6. The van der Waals surface area contributed by atoms with E-state index < -0.39 is 4.92 Å². The van der Waals surface area contributed by atoms with Gasteiger partial charge in [0, 0.05) is 25.3 Å². The average Bonchev–Trinajstić information content (AvgIpc) is 2.34. The summed E-state index contributed by atoms with van der Waals surface area (Å²) in [6, 6.07) is 4.37. The monoisotopic (exact) mass is 286 g/mol. The molecular weight excluding hydrogens is 268 g/mol. The lowest BCUT2D eigenvalue weighted by Gasteiger charge is -2.09. The first kappa shape index (κ1) is 15.7. The highest BCUT2D eigenvalue weighted by molar-refractivity contribution is 6.33. The van der Waals surface area contributed by atoms with Gasteiger partial charge in [0.1, 0.15) is 0 Å². The van der Waals surface area contributed by atoms with Crippen molar-refractivity contribution >= 4 is 23.0 Å². The van der Waals surface area contributed by atoms with Gasteiger partial charge in [-0.15, -0.1) is 0 Å². The molecule has 1 N–H and O–H groups in total. The first-order chi connectivity index (χ1) is 9.00. The summed E-state index contributed by atoms with van der Waals surface area (Å²) in [4.78, 5) is 10.1. The Bertz CT molecular complexity index is 424. The van der Waals surface area contributed by atoms with Crippen LogP contribution in [-0.2, 0) is 4.74 Å². The molecule has 1 aromatic rings. The van der Waals surface area contributed by atoms with E-state index in [0.29, 0.717) is 29.8 Å². The number of hydrogen-bond acceptors (Lipinski definition) is 4. The number of anilines is 1. The smallest absolute Gasteiger partial charge is 0.271 e. The first-order valence-corrected chi connectivity index (χ1v) is 6.64. The fourth-order valence-electron chi connectivity index (χ4n) is 1.44. The molecule has 6 heteroatoms. The zero-order valence-corrected chi connectivity index (χ0v) is 11.9. The summed E-state index contributed by atoms with van der Waals surface area (Å²) in [5.41, 5.74) is 0.670. The van der Waals surface area contributed by atoms with E-state index >= 15 is 0 Å². The Morgan fingerprint density at radius 2 is 2.16 bits per heavy atom. The van der Waals surface area contributed by atoms with E-state index in [0.717, 1.165) is 13.0 Å². The van der Waals surface area contributed by atoms with Crippen LogP contribution in [0.5, 0.6) is 0 Å². The summed E-state index contributed by atoms with van der Waals surface area (Å²) >= 11 is 5.95. The number of nitrogens with one attached hydrogen (secondary N) is 1. The minimum absolute atomic E-state index is 0.0104. The molecule has 0 aliphatic rings. The van der Waals surface area contributed by atoms with Crippen LogP contribution in [0.15, 0.2) is 18.2 Å². The molecule has 106 valence electrons. The molecular formula is C13H19ClN2O3. The fourth-order valence-corrected chi connectivity index (χ4v) is 1.68. The van der Waals surface area contributed by atoms with Crippen LogP contribution >= 0.6 is 11.6 Å².